The summed E-state index contributed by atoms with van der Waals surface area (Å²) in [5.41, 5.74) is 9.82. The van der Waals surface area contributed by atoms with Crippen LogP contribution in [-0.4, -0.2) is 37.5 Å². The fraction of sp³-hybridized carbons (Fsp3) is 0.333. The topological polar surface area (TPSA) is 89.9 Å². The smallest absolute Gasteiger partial charge is 0.251 e. The van der Waals surface area contributed by atoms with Crippen molar-refractivity contribution in [3.63, 3.8) is 0 Å². The van der Waals surface area contributed by atoms with E-state index in [1.54, 1.807) is 24.7 Å². The highest BCUT2D eigenvalue weighted by molar-refractivity contribution is 5.62. The summed E-state index contributed by atoms with van der Waals surface area (Å²) >= 11 is 0. The van der Waals surface area contributed by atoms with Crippen LogP contribution in [0.15, 0.2) is 53.8 Å². The van der Waals surface area contributed by atoms with Crippen molar-refractivity contribution in [1.82, 2.24) is 24.4 Å². The Labute approximate surface area is 162 Å². The van der Waals surface area contributed by atoms with Crippen molar-refractivity contribution in [2.24, 2.45) is 5.92 Å². The van der Waals surface area contributed by atoms with Gasteiger partial charge in [0.15, 0.2) is 0 Å². The maximum Gasteiger partial charge on any atom is 0.251 e. The van der Waals surface area contributed by atoms with Gasteiger partial charge in [0.2, 0.25) is 5.95 Å². The standard InChI is InChI=1S/C21H22N6O/c22-21-24-7-15(8-25-21)11-26-10-14-4-18(13-26)19-5-17(6-20(28)27(19)12-14)16-2-1-3-23-9-16/h1-3,5-9,14,18H,4,10-13H2,(H2,22,24,25)/t14-,18+/m0/s1. The number of rotatable bonds is 3. The lowest BCUT2D eigenvalue weighted by Gasteiger charge is -2.43. The van der Waals surface area contributed by atoms with E-state index in [1.165, 1.54) is 0 Å². The van der Waals surface area contributed by atoms with E-state index in [2.05, 4.69) is 25.9 Å². The Morgan fingerprint density at radius 3 is 2.71 bits per heavy atom. The molecule has 1 fully saturated rings. The molecular formula is C21H22N6O. The van der Waals surface area contributed by atoms with E-state index in [-0.39, 0.29) is 5.56 Å². The predicted molar refractivity (Wildman–Crippen MR) is 107 cm³/mol. The summed E-state index contributed by atoms with van der Waals surface area (Å²) in [7, 11) is 0. The Hall–Kier alpha value is -3.06. The number of hydrogen-bond donors (Lipinski definition) is 1. The van der Waals surface area contributed by atoms with E-state index >= 15 is 0 Å². The zero-order chi connectivity index (χ0) is 19.1. The molecule has 0 aliphatic carbocycles. The van der Waals surface area contributed by atoms with Gasteiger partial charge in [0.05, 0.1) is 0 Å². The van der Waals surface area contributed by atoms with Crippen LogP contribution in [0.4, 0.5) is 5.95 Å². The zero-order valence-electron chi connectivity index (χ0n) is 15.5. The van der Waals surface area contributed by atoms with Gasteiger partial charge < -0.3 is 10.3 Å². The molecule has 0 aromatic carbocycles. The molecule has 0 spiro atoms. The molecule has 1 saturated heterocycles. The highest BCUT2D eigenvalue weighted by Gasteiger charge is 2.34. The van der Waals surface area contributed by atoms with Crippen LogP contribution in [0.5, 0.6) is 0 Å². The first-order valence-corrected chi connectivity index (χ1v) is 9.59. The number of piperidine rings is 1. The van der Waals surface area contributed by atoms with Crippen LogP contribution in [0.1, 0.15) is 23.6 Å². The van der Waals surface area contributed by atoms with Crippen LogP contribution in [0, 0.1) is 5.92 Å². The van der Waals surface area contributed by atoms with Gasteiger partial charge in [-0.15, -0.1) is 0 Å². The molecule has 2 aliphatic heterocycles. The molecule has 2 aliphatic rings. The second-order valence-electron chi connectivity index (χ2n) is 7.80. The summed E-state index contributed by atoms with van der Waals surface area (Å²) in [5, 5.41) is 0. The highest BCUT2D eigenvalue weighted by atomic mass is 16.1. The van der Waals surface area contributed by atoms with Crippen LogP contribution >= 0.6 is 0 Å². The highest BCUT2D eigenvalue weighted by Crippen LogP contribution is 2.36. The number of hydrogen-bond acceptors (Lipinski definition) is 6. The minimum absolute atomic E-state index is 0.0893. The van der Waals surface area contributed by atoms with E-state index in [1.807, 2.05) is 22.9 Å². The van der Waals surface area contributed by atoms with E-state index in [0.29, 0.717) is 17.8 Å². The number of nitrogens with two attached hydrogens (primary N) is 1. The van der Waals surface area contributed by atoms with Gasteiger partial charge in [-0.1, -0.05) is 6.07 Å². The average molecular weight is 374 g/mol. The van der Waals surface area contributed by atoms with Gasteiger partial charge in [-0.2, -0.15) is 0 Å². The van der Waals surface area contributed by atoms with Crippen molar-refractivity contribution in [2.45, 2.75) is 25.4 Å². The monoisotopic (exact) mass is 374 g/mol. The number of fused-ring (bicyclic) bond motifs is 4. The lowest BCUT2D eigenvalue weighted by Crippen LogP contribution is -2.46. The van der Waals surface area contributed by atoms with Gasteiger partial charge >= 0.3 is 0 Å². The molecule has 0 unspecified atom stereocenters. The van der Waals surface area contributed by atoms with Crippen molar-refractivity contribution >= 4 is 5.95 Å². The van der Waals surface area contributed by atoms with Crippen molar-refractivity contribution in [3.8, 4) is 11.1 Å². The Morgan fingerprint density at radius 1 is 1.07 bits per heavy atom. The third-order valence-electron chi connectivity index (χ3n) is 5.76. The first-order valence-electron chi connectivity index (χ1n) is 9.59. The molecule has 0 radical (unpaired) electrons. The lowest BCUT2D eigenvalue weighted by molar-refractivity contribution is 0.114. The molecule has 3 aromatic rings. The SMILES string of the molecule is Nc1ncc(CN2C[C@@H]3C[C@H](C2)c2cc(-c4cccnc4)cc(=O)n2C3)cn1. The van der Waals surface area contributed by atoms with Crippen LogP contribution in [-0.2, 0) is 13.1 Å². The molecule has 5 rings (SSSR count). The molecular weight excluding hydrogens is 352 g/mol. The molecule has 7 heteroatoms. The van der Waals surface area contributed by atoms with Crippen LogP contribution in [0.2, 0.25) is 0 Å². The van der Waals surface area contributed by atoms with E-state index < -0.39 is 0 Å². The molecule has 2 atom stereocenters. The molecule has 2 N–H and O–H groups in total. The quantitative estimate of drug-likeness (QED) is 0.753. The van der Waals surface area contributed by atoms with Gasteiger partial charge in [0.1, 0.15) is 0 Å². The average Bonchev–Trinajstić information content (AvgIpc) is 2.71. The third-order valence-corrected chi connectivity index (χ3v) is 5.76. The van der Waals surface area contributed by atoms with Crippen LogP contribution in [0.25, 0.3) is 11.1 Å². The van der Waals surface area contributed by atoms with E-state index in [0.717, 1.165) is 55.0 Å². The summed E-state index contributed by atoms with van der Waals surface area (Å²) in [4.78, 5) is 27.6. The molecule has 2 bridgehead atoms. The Morgan fingerprint density at radius 2 is 1.93 bits per heavy atom. The molecule has 142 valence electrons. The number of nitrogens with zero attached hydrogens (tertiary/aromatic N) is 5. The minimum Gasteiger partial charge on any atom is -0.368 e. The normalized spacial score (nSPS) is 21.3. The van der Waals surface area contributed by atoms with Crippen molar-refractivity contribution < 1.29 is 0 Å². The molecule has 28 heavy (non-hydrogen) atoms. The lowest BCUT2D eigenvalue weighted by atomic mass is 9.82. The first-order chi connectivity index (χ1) is 13.7. The van der Waals surface area contributed by atoms with E-state index in [9.17, 15) is 4.79 Å². The molecule has 0 amide bonds. The molecule has 3 aromatic heterocycles. The second-order valence-corrected chi connectivity index (χ2v) is 7.80. The van der Waals surface area contributed by atoms with Crippen molar-refractivity contribution in [1.29, 1.82) is 0 Å². The van der Waals surface area contributed by atoms with Crippen LogP contribution in [0.3, 0.4) is 0 Å². The third kappa shape index (κ3) is 3.18. The van der Waals surface area contributed by atoms with Gasteiger partial charge in [-0.05, 0) is 30.0 Å². The second kappa shape index (κ2) is 6.83. The van der Waals surface area contributed by atoms with Crippen molar-refractivity contribution in [3.05, 3.63) is 70.7 Å². The fourth-order valence-electron chi connectivity index (χ4n) is 4.59. The number of likely N-dealkylation sites (tertiary alicyclic amines) is 1. The Bertz CT molecular complexity index is 1050. The maximum atomic E-state index is 12.8. The van der Waals surface area contributed by atoms with Gasteiger partial charge in [-0.25, -0.2) is 9.97 Å². The fourth-order valence-corrected chi connectivity index (χ4v) is 4.59. The van der Waals surface area contributed by atoms with Gasteiger partial charge in [0, 0.05) is 79.8 Å². The van der Waals surface area contributed by atoms with E-state index in [4.69, 9.17) is 5.73 Å². The van der Waals surface area contributed by atoms with Crippen LogP contribution < -0.4 is 11.3 Å². The molecule has 7 nitrogen and oxygen atoms in total. The summed E-state index contributed by atoms with van der Waals surface area (Å²) < 4.78 is 1.97. The largest absolute Gasteiger partial charge is 0.368 e. The zero-order valence-corrected chi connectivity index (χ0v) is 15.5. The maximum absolute atomic E-state index is 12.8. The van der Waals surface area contributed by atoms with Crippen molar-refractivity contribution in [2.75, 3.05) is 18.8 Å². The summed E-state index contributed by atoms with van der Waals surface area (Å²) in [6.45, 7) is 3.50. The first kappa shape index (κ1) is 17.1. The summed E-state index contributed by atoms with van der Waals surface area (Å²) in [6.07, 6.45) is 8.28. The predicted octanol–water partition coefficient (Wildman–Crippen LogP) is 1.90. The number of nitrogen functional groups attached to an aromatic ring is 1. The van der Waals surface area contributed by atoms with Gasteiger partial charge in [0.25, 0.3) is 5.56 Å². The summed E-state index contributed by atoms with van der Waals surface area (Å²) in [5.74, 6) is 1.14. The number of pyridine rings is 2. The Kier molecular flexibility index (Phi) is 4.16. The Balaban J connectivity index is 1.44. The number of aromatic nitrogens is 4. The minimum atomic E-state index is 0.0893. The number of anilines is 1. The van der Waals surface area contributed by atoms with Gasteiger partial charge in [-0.3, -0.25) is 14.7 Å². The summed E-state index contributed by atoms with van der Waals surface area (Å²) in [6, 6.07) is 7.82. The molecule has 0 saturated carbocycles. The molecule has 5 heterocycles.